The average Bonchev–Trinajstić information content (AvgIpc) is 2.64. The van der Waals surface area contributed by atoms with Crippen LogP contribution >= 0.6 is 0 Å². The standard InChI is InChI=1S/C20H23N3O3/c21-10-15-17(25)8-13-11-22-16(18(26)12-24)9-14(13)19(15)23-6-4-20(5-7-23)2-1-3-20/h9,11,18,24,26H,1-8,12H2. The number of hydrogen-bond acceptors (Lipinski definition) is 6. The number of allylic oxidation sites excluding steroid dienone is 1. The summed E-state index contributed by atoms with van der Waals surface area (Å²) in [6.45, 7) is 1.27. The number of ketones is 1. The molecule has 26 heavy (non-hydrogen) atoms. The molecule has 0 radical (unpaired) electrons. The molecule has 0 aromatic carbocycles. The van der Waals surface area contributed by atoms with Gasteiger partial charge in [0.05, 0.1) is 18.0 Å². The Morgan fingerprint density at radius 3 is 2.62 bits per heavy atom. The highest BCUT2D eigenvalue weighted by atomic mass is 16.3. The monoisotopic (exact) mass is 353 g/mol. The summed E-state index contributed by atoms with van der Waals surface area (Å²) in [6, 6.07) is 3.83. The van der Waals surface area contributed by atoms with Crippen LogP contribution in [0.25, 0.3) is 5.70 Å². The predicted molar refractivity (Wildman–Crippen MR) is 94.6 cm³/mol. The van der Waals surface area contributed by atoms with Gasteiger partial charge in [-0.2, -0.15) is 5.26 Å². The molecule has 1 aromatic rings. The van der Waals surface area contributed by atoms with E-state index in [1.807, 2.05) is 0 Å². The van der Waals surface area contributed by atoms with Crippen molar-refractivity contribution in [1.29, 1.82) is 5.26 Å². The minimum atomic E-state index is -1.07. The number of likely N-dealkylation sites (tertiary alicyclic amines) is 1. The molecule has 6 heteroatoms. The first-order valence-corrected chi connectivity index (χ1v) is 9.27. The fourth-order valence-corrected chi connectivity index (χ4v) is 4.49. The molecule has 1 spiro atoms. The number of hydrogen-bond donors (Lipinski definition) is 2. The van der Waals surface area contributed by atoms with Crippen LogP contribution in [0, 0.1) is 16.7 Å². The van der Waals surface area contributed by atoms with Gasteiger partial charge in [-0.25, -0.2) is 0 Å². The second-order valence-corrected chi connectivity index (χ2v) is 7.74. The number of carbonyl (C=O) groups is 1. The minimum absolute atomic E-state index is 0.155. The van der Waals surface area contributed by atoms with E-state index in [0.29, 0.717) is 16.8 Å². The fourth-order valence-electron chi connectivity index (χ4n) is 4.49. The molecule has 136 valence electrons. The van der Waals surface area contributed by atoms with Gasteiger partial charge in [-0.05, 0) is 42.7 Å². The first-order chi connectivity index (χ1) is 12.6. The van der Waals surface area contributed by atoms with Gasteiger partial charge in [-0.3, -0.25) is 9.78 Å². The highest BCUT2D eigenvalue weighted by Crippen LogP contribution is 2.50. The second kappa shape index (κ2) is 6.49. The van der Waals surface area contributed by atoms with Crippen molar-refractivity contribution >= 4 is 11.5 Å². The lowest BCUT2D eigenvalue weighted by atomic mass is 9.63. The summed E-state index contributed by atoms with van der Waals surface area (Å²) in [7, 11) is 0. The van der Waals surface area contributed by atoms with Crippen molar-refractivity contribution in [2.45, 2.75) is 44.6 Å². The molecule has 2 fully saturated rings. The van der Waals surface area contributed by atoms with Crippen molar-refractivity contribution in [3.8, 4) is 6.07 Å². The van der Waals surface area contributed by atoms with Gasteiger partial charge in [-0.1, -0.05) is 6.42 Å². The maximum Gasteiger partial charge on any atom is 0.179 e. The van der Waals surface area contributed by atoms with Crippen molar-refractivity contribution in [3.63, 3.8) is 0 Å². The van der Waals surface area contributed by atoms with Crippen LogP contribution in [0.3, 0.4) is 0 Å². The van der Waals surface area contributed by atoms with Crippen LogP contribution in [0.5, 0.6) is 0 Å². The molecule has 2 N–H and O–H groups in total. The second-order valence-electron chi connectivity index (χ2n) is 7.74. The van der Waals surface area contributed by atoms with Gasteiger partial charge in [0.25, 0.3) is 0 Å². The fraction of sp³-hybridized carbons (Fsp3) is 0.550. The summed E-state index contributed by atoms with van der Waals surface area (Å²) < 4.78 is 0. The highest BCUT2D eigenvalue weighted by Gasteiger charge is 2.41. The third-order valence-corrected chi connectivity index (χ3v) is 6.31. The zero-order valence-corrected chi connectivity index (χ0v) is 14.7. The SMILES string of the molecule is N#CC1=C(N2CCC3(CCC3)CC2)c2cc(C(O)CO)ncc2CC1=O. The first kappa shape index (κ1) is 17.2. The van der Waals surface area contributed by atoms with Crippen molar-refractivity contribution in [2.75, 3.05) is 19.7 Å². The molecule has 1 saturated heterocycles. The molecule has 1 unspecified atom stereocenters. The van der Waals surface area contributed by atoms with Gasteiger partial charge in [0, 0.05) is 31.3 Å². The molecule has 6 nitrogen and oxygen atoms in total. The zero-order valence-electron chi connectivity index (χ0n) is 14.7. The molecule has 1 saturated carbocycles. The summed E-state index contributed by atoms with van der Waals surface area (Å²) in [4.78, 5) is 18.8. The van der Waals surface area contributed by atoms with E-state index in [4.69, 9.17) is 0 Å². The van der Waals surface area contributed by atoms with Crippen molar-refractivity contribution < 1.29 is 15.0 Å². The van der Waals surface area contributed by atoms with Gasteiger partial charge in [0.1, 0.15) is 17.7 Å². The lowest BCUT2D eigenvalue weighted by Gasteiger charge is -2.49. The van der Waals surface area contributed by atoms with E-state index in [2.05, 4.69) is 16.0 Å². The van der Waals surface area contributed by atoms with Gasteiger partial charge in [0.2, 0.25) is 0 Å². The minimum Gasteiger partial charge on any atom is -0.393 e. The molecule has 0 amide bonds. The van der Waals surface area contributed by atoms with Gasteiger partial charge >= 0.3 is 0 Å². The van der Waals surface area contributed by atoms with E-state index in [9.17, 15) is 20.3 Å². The zero-order chi connectivity index (χ0) is 18.3. The third kappa shape index (κ3) is 2.72. The van der Waals surface area contributed by atoms with Crippen LogP contribution in [0.1, 0.15) is 55.0 Å². The Balaban J connectivity index is 1.73. The Hall–Kier alpha value is -2.23. The topological polar surface area (TPSA) is 97.5 Å². The van der Waals surface area contributed by atoms with Crippen LogP contribution in [-0.4, -0.2) is 45.6 Å². The van der Waals surface area contributed by atoms with Crippen molar-refractivity contribution in [1.82, 2.24) is 9.88 Å². The first-order valence-electron chi connectivity index (χ1n) is 9.27. The largest absolute Gasteiger partial charge is 0.393 e. The Morgan fingerprint density at radius 2 is 2.04 bits per heavy atom. The number of carbonyl (C=O) groups excluding carboxylic acids is 1. The predicted octanol–water partition coefficient (Wildman–Crippen LogP) is 1.73. The van der Waals surface area contributed by atoms with Crippen molar-refractivity contribution in [2.24, 2.45) is 5.41 Å². The van der Waals surface area contributed by atoms with E-state index in [0.717, 1.165) is 37.1 Å². The summed E-state index contributed by atoms with van der Waals surface area (Å²) in [5.74, 6) is -0.170. The molecule has 1 aliphatic heterocycles. The Bertz CT molecular complexity index is 810. The number of pyridine rings is 1. The van der Waals surface area contributed by atoms with E-state index >= 15 is 0 Å². The number of aliphatic hydroxyl groups is 2. The lowest BCUT2D eigenvalue weighted by molar-refractivity contribution is -0.114. The number of aromatic nitrogens is 1. The maximum absolute atomic E-state index is 12.5. The summed E-state index contributed by atoms with van der Waals surface area (Å²) in [5.41, 5.74) is 3.30. The molecule has 1 atom stereocenters. The van der Waals surface area contributed by atoms with Crippen LogP contribution < -0.4 is 0 Å². The normalized spacial score (nSPS) is 22.7. The summed E-state index contributed by atoms with van der Waals surface area (Å²) in [6.07, 6.45) is 6.75. The Kier molecular flexibility index (Phi) is 4.29. The summed E-state index contributed by atoms with van der Waals surface area (Å²) in [5, 5.41) is 28.8. The number of piperidine rings is 1. The molecule has 2 aliphatic carbocycles. The molecular formula is C20H23N3O3. The number of rotatable bonds is 3. The molecule has 3 aliphatic rings. The molecular weight excluding hydrogens is 330 g/mol. The number of nitrogens with zero attached hydrogens (tertiary/aromatic N) is 3. The maximum atomic E-state index is 12.5. The molecule has 1 aromatic heterocycles. The molecule has 0 bridgehead atoms. The number of aliphatic hydroxyl groups excluding tert-OH is 2. The van der Waals surface area contributed by atoms with E-state index < -0.39 is 12.7 Å². The number of Topliss-reactive ketones (excluding diaryl/α,β-unsaturated/α-hetero) is 1. The van der Waals surface area contributed by atoms with Gasteiger partial charge in [-0.15, -0.1) is 0 Å². The van der Waals surface area contributed by atoms with Crippen LogP contribution in [0.4, 0.5) is 0 Å². The Morgan fingerprint density at radius 1 is 1.31 bits per heavy atom. The van der Waals surface area contributed by atoms with Crippen LogP contribution in [0.15, 0.2) is 17.8 Å². The van der Waals surface area contributed by atoms with E-state index in [-0.39, 0.29) is 17.8 Å². The van der Waals surface area contributed by atoms with E-state index in [1.165, 1.54) is 19.3 Å². The quantitative estimate of drug-likeness (QED) is 0.859. The molecule has 2 heterocycles. The number of fused-ring (bicyclic) bond motifs is 1. The Labute approximate surface area is 152 Å². The summed E-state index contributed by atoms with van der Waals surface area (Å²) >= 11 is 0. The molecule has 4 rings (SSSR count). The average molecular weight is 353 g/mol. The lowest BCUT2D eigenvalue weighted by Crippen LogP contribution is -2.43. The number of nitriles is 1. The van der Waals surface area contributed by atoms with Crippen LogP contribution in [-0.2, 0) is 11.2 Å². The third-order valence-electron chi connectivity index (χ3n) is 6.31. The smallest absolute Gasteiger partial charge is 0.179 e. The van der Waals surface area contributed by atoms with Crippen LogP contribution in [0.2, 0.25) is 0 Å². The highest BCUT2D eigenvalue weighted by molar-refractivity contribution is 6.09. The van der Waals surface area contributed by atoms with Gasteiger partial charge in [0.15, 0.2) is 5.78 Å². The van der Waals surface area contributed by atoms with Gasteiger partial charge < -0.3 is 15.1 Å². The van der Waals surface area contributed by atoms with E-state index in [1.54, 1.807) is 12.3 Å². The van der Waals surface area contributed by atoms with Crippen molar-refractivity contribution in [3.05, 3.63) is 34.7 Å².